The molecule has 0 spiro atoms. The summed E-state index contributed by atoms with van der Waals surface area (Å²) in [6, 6.07) is 13.1. The lowest BCUT2D eigenvalue weighted by atomic mass is 9.97. The summed E-state index contributed by atoms with van der Waals surface area (Å²) in [6.45, 7) is 2.47. The summed E-state index contributed by atoms with van der Waals surface area (Å²) in [6.07, 6.45) is 4.04. The third kappa shape index (κ3) is 4.97. The van der Waals surface area contributed by atoms with Crippen molar-refractivity contribution >= 4 is 44.9 Å². The lowest BCUT2D eigenvalue weighted by Gasteiger charge is -2.14. The van der Waals surface area contributed by atoms with E-state index in [-0.39, 0.29) is 17.2 Å². The molecule has 6 nitrogen and oxygen atoms in total. The number of thiophene rings is 1. The Morgan fingerprint density at radius 2 is 2.00 bits per heavy atom. The molecule has 0 fully saturated rings. The fourth-order valence-electron chi connectivity index (χ4n) is 4.26. The van der Waals surface area contributed by atoms with E-state index in [1.54, 1.807) is 22.0 Å². The molecular weight excluding hydrogens is 485 g/mol. The Hall–Kier alpha value is -3.17. The van der Waals surface area contributed by atoms with E-state index in [4.69, 9.17) is 9.72 Å². The number of benzene rings is 2. The van der Waals surface area contributed by atoms with Gasteiger partial charge < -0.3 is 10.1 Å². The largest absolute Gasteiger partial charge is 0.494 e. The molecule has 35 heavy (non-hydrogen) atoms. The number of rotatable bonds is 7. The van der Waals surface area contributed by atoms with Crippen LogP contribution in [0.25, 0.3) is 15.9 Å². The SMILES string of the molecule is CCOc1ccc(-n2c(SCC(=O)Nc3cccc(F)c3)nc3sc4c(c3c2=O)CCCC4)cc1. The molecule has 2 aromatic heterocycles. The monoisotopic (exact) mass is 509 g/mol. The van der Waals surface area contributed by atoms with Gasteiger partial charge in [-0.05, 0) is 80.6 Å². The zero-order valence-corrected chi connectivity index (χ0v) is 20.8. The van der Waals surface area contributed by atoms with Crippen molar-refractivity contribution in [2.75, 3.05) is 17.7 Å². The molecule has 5 rings (SSSR count). The van der Waals surface area contributed by atoms with Gasteiger partial charge in [-0.25, -0.2) is 9.37 Å². The minimum absolute atomic E-state index is 0.0244. The molecule has 180 valence electrons. The maximum atomic E-state index is 13.8. The highest BCUT2D eigenvalue weighted by Gasteiger charge is 2.23. The first kappa shape index (κ1) is 23.6. The third-order valence-electron chi connectivity index (χ3n) is 5.80. The Kier molecular flexibility index (Phi) is 6.88. The van der Waals surface area contributed by atoms with Crippen LogP contribution in [0.15, 0.2) is 58.5 Å². The molecule has 0 saturated carbocycles. The van der Waals surface area contributed by atoms with Crippen LogP contribution >= 0.6 is 23.1 Å². The van der Waals surface area contributed by atoms with Crippen molar-refractivity contribution < 1.29 is 13.9 Å². The van der Waals surface area contributed by atoms with Crippen LogP contribution in [0.5, 0.6) is 5.75 Å². The molecule has 1 amide bonds. The number of halogens is 1. The topological polar surface area (TPSA) is 73.2 Å². The van der Waals surface area contributed by atoms with E-state index >= 15 is 0 Å². The molecular formula is C26H24FN3O3S2. The van der Waals surface area contributed by atoms with Crippen LogP contribution in [0.4, 0.5) is 10.1 Å². The normalized spacial score (nSPS) is 13.0. The molecule has 0 radical (unpaired) electrons. The maximum absolute atomic E-state index is 13.8. The van der Waals surface area contributed by atoms with Crippen LogP contribution < -0.4 is 15.6 Å². The molecule has 0 aliphatic heterocycles. The van der Waals surface area contributed by atoms with Gasteiger partial charge in [0, 0.05) is 10.6 Å². The van der Waals surface area contributed by atoms with Crippen LogP contribution in [0.1, 0.15) is 30.2 Å². The predicted molar refractivity (Wildman–Crippen MR) is 139 cm³/mol. The van der Waals surface area contributed by atoms with Gasteiger partial charge >= 0.3 is 0 Å². The number of ether oxygens (including phenoxy) is 1. The number of aromatic nitrogens is 2. The lowest BCUT2D eigenvalue weighted by molar-refractivity contribution is -0.113. The van der Waals surface area contributed by atoms with Crippen LogP contribution in [0, 0.1) is 5.82 Å². The van der Waals surface area contributed by atoms with Crippen molar-refractivity contribution in [3.63, 3.8) is 0 Å². The number of fused-ring (bicyclic) bond motifs is 3. The number of hydrogen-bond acceptors (Lipinski definition) is 6. The van der Waals surface area contributed by atoms with Gasteiger partial charge in [-0.15, -0.1) is 11.3 Å². The van der Waals surface area contributed by atoms with Gasteiger partial charge in [-0.3, -0.25) is 14.2 Å². The molecule has 2 aromatic carbocycles. The van der Waals surface area contributed by atoms with Gasteiger partial charge in [-0.2, -0.15) is 0 Å². The second kappa shape index (κ2) is 10.2. The van der Waals surface area contributed by atoms with Crippen molar-refractivity contribution in [3.8, 4) is 11.4 Å². The number of anilines is 1. The second-order valence-corrected chi connectivity index (χ2v) is 10.2. The van der Waals surface area contributed by atoms with E-state index in [0.29, 0.717) is 28.5 Å². The molecule has 9 heteroatoms. The molecule has 4 aromatic rings. The van der Waals surface area contributed by atoms with Crippen molar-refractivity contribution in [1.29, 1.82) is 0 Å². The average molecular weight is 510 g/mol. The Morgan fingerprint density at radius 1 is 1.20 bits per heavy atom. The van der Waals surface area contributed by atoms with Crippen molar-refractivity contribution in [1.82, 2.24) is 9.55 Å². The van der Waals surface area contributed by atoms with E-state index in [1.165, 1.54) is 34.8 Å². The quantitative estimate of drug-likeness (QED) is 0.260. The molecule has 1 aliphatic carbocycles. The molecule has 1 aliphatic rings. The second-order valence-electron chi connectivity index (χ2n) is 8.20. The predicted octanol–water partition coefficient (Wildman–Crippen LogP) is 5.59. The van der Waals surface area contributed by atoms with Crippen molar-refractivity contribution in [2.45, 2.75) is 37.8 Å². The van der Waals surface area contributed by atoms with Gasteiger partial charge in [0.15, 0.2) is 5.16 Å². The lowest BCUT2D eigenvalue weighted by Crippen LogP contribution is -2.23. The van der Waals surface area contributed by atoms with E-state index in [1.807, 2.05) is 31.2 Å². The summed E-state index contributed by atoms with van der Waals surface area (Å²) in [4.78, 5) is 33.2. The highest BCUT2D eigenvalue weighted by atomic mass is 32.2. The first-order valence-corrected chi connectivity index (χ1v) is 13.3. The summed E-state index contributed by atoms with van der Waals surface area (Å²) in [5, 5.41) is 3.83. The Labute approximate surface area is 210 Å². The number of nitrogens with zero attached hydrogens (tertiary/aromatic N) is 2. The van der Waals surface area contributed by atoms with Gasteiger partial charge in [0.1, 0.15) is 16.4 Å². The average Bonchev–Trinajstić information content (AvgIpc) is 3.22. The molecule has 1 N–H and O–H groups in total. The number of hydrogen-bond donors (Lipinski definition) is 1. The molecule has 0 bridgehead atoms. The molecule has 2 heterocycles. The Morgan fingerprint density at radius 3 is 2.77 bits per heavy atom. The minimum Gasteiger partial charge on any atom is -0.494 e. The van der Waals surface area contributed by atoms with Crippen LogP contribution in [-0.4, -0.2) is 27.8 Å². The van der Waals surface area contributed by atoms with Crippen molar-refractivity contribution in [2.24, 2.45) is 0 Å². The van der Waals surface area contributed by atoms with Crippen molar-refractivity contribution in [3.05, 3.63) is 75.1 Å². The fourth-order valence-corrected chi connectivity index (χ4v) is 6.38. The number of thioether (sulfide) groups is 1. The number of nitrogens with one attached hydrogen (secondary N) is 1. The highest BCUT2D eigenvalue weighted by Crippen LogP contribution is 2.35. The van der Waals surface area contributed by atoms with E-state index in [2.05, 4.69) is 5.32 Å². The summed E-state index contributed by atoms with van der Waals surface area (Å²) in [7, 11) is 0. The summed E-state index contributed by atoms with van der Waals surface area (Å²) < 4.78 is 20.6. The fraction of sp³-hybridized carbons (Fsp3) is 0.269. The Bertz CT molecular complexity index is 1450. The number of amides is 1. The molecule has 0 saturated heterocycles. The molecule has 0 atom stereocenters. The summed E-state index contributed by atoms with van der Waals surface area (Å²) >= 11 is 2.76. The number of aryl methyl sites for hydroxylation is 2. The first-order valence-electron chi connectivity index (χ1n) is 11.5. The van der Waals surface area contributed by atoms with E-state index in [0.717, 1.165) is 41.8 Å². The van der Waals surface area contributed by atoms with Gasteiger partial charge in [0.25, 0.3) is 5.56 Å². The smallest absolute Gasteiger partial charge is 0.267 e. The standard InChI is InChI=1S/C26H24FN3O3S2/c1-2-33-19-12-10-18(11-13-19)30-25(32)23-20-8-3-4-9-21(20)35-24(23)29-26(30)34-15-22(31)28-17-7-5-6-16(27)14-17/h5-7,10-14H,2-4,8-9,15H2,1H3,(H,28,31). The minimum atomic E-state index is -0.423. The van der Waals surface area contributed by atoms with Gasteiger partial charge in [-0.1, -0.05) is 17.8 Å². The number of carbonyl (C=O) groups excluding carboxylic acids is 1. The van der Waals surface area contributed by atoms with E-state index < -0.39 is 5.82 Å². The first-order chi connectivity index (χ1) is 17.0. The molecule has 0 unspecified atom stereocenters. The third-order valence-corrected chi connectivity index (χ3v) is 7.93. The maximum Gasteiger partial charge on any atom is 0.267 e. The van der Waals surface area contributed by atoms with E-state index in [9.17, 15) is 14.0 Å². The van der Waals surface area contributed by atoms with Gasteiger partial charge in [0.05, 0.1) is 23.4 Å². The highest BCUT2D eigenvalue weighted by molar-refractivity contribution is 7.99. The zero-order valence-electron chi connectivity index (χ0n) is 19.2. The van der Waals surface area contributed by atoms with Gasteiger partial charge in [0.2, 0.25) is 5.91 Å². The number of carbonyl (C=O) groups is 1. The van der Waals surface area contributed by atoms with Crippen LogP contribution in [0.2, 0.25) is 0 Å². The zero-order chi connectivity index (χ0) is 24.4. The summed E-state index contributed by atoms with van der Waals surface area (Å²) in [5.74, 6) is 0.0125. The van der Waals surface area contributed by atoms with Crippen LogP contribution in [-0.2, 0) is 17.6 Å². The summed E-state index contributed by atoms with van der Waals surface area (Å²) in [5.41, 5.74) is 2.05. The Balaban J connectivity index is 1.51. The van der Waals surface area contributed by atoms with Crippen LogP contribution in [0.3, 0.4) is 0 Å².